The van der Waals surface area contributed by atoms with Crippen LogP contribution in [-0.2, 0) is 19.1 Å². The van der Waals surface area contributed by atoms with E-state index in [9.17, 15) is 9.59 Å². The van der Waals surface area contributed by atoms with Gasteiger partial charge in [0.25, 0.3) is 0 Å². The molecule has 2 unspecified atom stereocenters. The molecule has 2 atom stereocenters. The molecule has 190 valence electrons. The van der Waals surface area contributed by atoms with Crippen LogP contribution in [0.15, 0.2) is 0 Å². The van der Waals surface area contributed by atoms with E-state index < -0.39 is 12.1 Å². The van der Waals surface area contributed by atoms with E-state index in [1.807, 2.05) is 0 Å². The zero-order chi connectivity index (χ0) is 23.9. The first-order valence-electron chi connectivity index (χ1n) is 13.9. The Bertz CT molecular complexity index is 435. The van der Waals surface area contributed by atoms with E-state index in [1.54, 1.807) is 0 Å². The van der Waals surface area contributed by atoms with E-state index in [2.05, 4.69) is 20.8 Å². The predicted octanol–water partition coefficient (Wildman–Crippen LogP) is 8.55. The van der Waals surface area contributed by atoms with Gasteiger partial charge in [-0.2, -0.15) is 0 Å². The average Bonchev–Trinajstić information content (AvgIpc) is 2.78. The summed E-state index contributed by atoms with van der Waals surface area (Å²) in [4.78, 5) is 23.9. The molecule has 0 aromatic rings. The van der Waals surface area contributed by atoms with Crippen LogP contribution in [0.4, 0.5) is 0 Å². The third-order valence-corrected chi connectivity index (χ3v) is 6.40. The van der Waals surface area contributed by atoms with Crippen molar-refractivity contribution < 1.29 is 19.1 Å². The minimum absolute atomic E-state index is 0.371. The lowest BCUT2D eigenvalue weighted by Gasteiger charge is -2.19. The van der Waals surface area contributed by atoms with Crippen LogP contribution in [0.5, 0.6) is 0 Å². The third kappa shape index (κ3) is 19.6. The van der Waals surface area contributed by atoms with Crippen LogP contribution in [-0.4, -0.2) is 24.6 Å². The Morgan fingerprint density at radius 2 is 1.09 bits per heavy atom. The van der Waals surface area contributed by atoms with Gasteiger partial charge in [0, 0.05) is 6.92 Å². The Labute approximate surface area is 199 Å². The van der Waals surface area contributed by atoms with Crippen molar-refractivity contribution in [3.8, 4) is 0 Å². The fourth-order valence-electron chi connectivity index (χ4n) is 4.14. The van der Waals surface area contributed by atoms with Gasteiger partial charge in [-0.3, -0.25) is 4.79 Å². The number of carbonyl (C=O) groups is 2. The molecule has 0 radical (unpaired) electrons. The molecule has 0 aliphatic carbocycles. The highest BCUT2D eigenvalue weighted by Crippen LogP contribution is 2.17. The molecule has 0 aromatic heterocycles. The molecule has 0 saturated heterocycles. The van der Waals surface area contributed by atoms with Gasteiger partial charge < -0.3 is 9.47 Å². The molecule has 0 aromatic carbocycles. The molecule has 0 fully saturated rings. The van der Waals surface area contributed by atoms with E-state index >= 15 is 0 Å². The van der Waals surface area contributed by atoms with Crippen molar-refractivity contribution in [2.75, 3.05) is 6.61 Å². The Morgan fingerprint density at radius 3 is 1.53 bits per heavy atom. The average molecular weight is 455 g/mol. The van der Waals surface area contributed by atoms with Crippen LogP contribution >= 0.6 is 0 Å². The van der Waals surface area contributed by atoms with Crippen molar-refractivity contribution >= 4 is 11.9 Å². The van der Waals surface area contributed by atoms with Crippen LogP contribution in [0.25, 0.3) is 0 Å². The Morgan fingerprint density at radius 1 is 0.625 bits per heavy atom. The smallest absolute Gasteiger partial charge is 0.347 e. The Hall–Kier alpha value is -1.06. The molecular weight excluding hydrogens is 400 g/mol. The van der Waals surface area contributed by atoms with Gasteiger partial charge in [-0.15, -0.1) is 0 Å². The molecule has 0 saturated carbocycles. The topological polar surface area (TPSA) is 52.6 Å². The van der Waals surface area contributed by atoms with Crippen LogP contribution in [0.1, 0.15) is 150 Å². The van der Waals surface area contributed by atoms with Gasteiger partial charge >= 0.3 is 11.9 Å². The highest BCUT2D eigenvalue weighted by Gasteiger charge is 2.23. The molecule has 4 heteroatoms. The van der Waals surface area contributed by atoms with Crippen molar-refractivity contribution in [3.63, 3.8) is 0 Å². The molecule has 0 rings (SSSR count). The minimum atomic E-state index is -0.742. The number of carbonyl (C=O) groups excluding carboxylic acids is 2. The number of hydrogen-bond acceptors (Lipinski definition) is 4. The van der Waals surface area contributed by atoms with E-state index in [-0.39, 0.29) is 5.97 Å². The second-order valence-corrected chi connectivity index (χ2v) is 9.53. The maximum absolute atomic E-state index is 12.4. The predicted molar refractivity (Wildman–Crippen MR) is 135 cm³/mol. The van der Waals surface area contributed by atoms with Crippen molar-refractivity contribution in [1.29, 1.82) is 0 Å². The maximum Gasteiger partial charge on any atom is 0.347 e. The van der Waals surface area contributed by atoms with Crippen molar-refractivity contribution in [2.45, 2.75) is 156 Å². The molecule has 0 N–H and O–H groups in total. The quantitative estimate of drug-likeness (QED) is 0.115. The first kappa shape index (κ1) is 30.9. The fourth-order valence-corrected chi connectivity index (χ4v) is 4.14. The number of esters is 2. The number of ether oxygens (including phenoxy) is 2. The third-order valence-electron chi connectivity index (χ3n) is 6.40. The number of rotatable bonds is 23. The molecule has 0 bridgehead atoms. The van der Waals surface area contributed by atoms with Crippen molar-refractivity contribution in [1.82, 2.24) is 0 Å². The first-order chi connectivity index (χ1) is 15.5. The van der Waals surface area contributed by atoms with E-state index in [0.29, 0.717) is 18.9 Å². The second-order valence-electron chi connectivity index (χ2n) is 9.53. The molecule has 0 amide bonds. The normalized spacial score (nSPS) is 13.0. The van der Waals surface area contributed by atoms with Crippen LogP contribution in [0.3, 0.4) is 0 Å². The molecule has 0 heterocycles. The summed E-state index contributed by atoms with van der Waals surface area (Å²) in [6, 6.07) is 0. The summed E-state index contributed by atoms with van der Waals surface area (Å²) >= 11 is 0. The first-order valence-corrected chi connectivity index (χ1v) is 13.9. The SMILES string of the molecule is CCCCCCCCCCCCCCCCC(OC(C)=O)C(=O)OCC(CC)CCCC. The van der Waals surface area contributed by atoms with Gasteiger partial charge in [0.15, 0.2) is 6.10 Å². The highest BCUT2D eigenvalue weighted by atomic mass is 16.6. The lowest BCUT2D eigenvalue weighted by atomic mass is 10.0. The van der Waals surface area contributed by atoms with Gasteiger partial charge in [-0.05, 0) is 25.2 Å². The zero-order valence-electron chi connectivity index (χ0n) is 21.9. The molecule has 0 aliphatic heterocycles. The van der Waals surface area contributed by atoms with Crippen LogP contribution < -0.4 is 0 Å². The standard InChI is InChI=1S/C28H54O4/c1-5-8-10-11-12-13-14-15-16-17-18-19-20-21-23-27(32-25(4)29)28(30)31-24-26(7-3)22-9-6-2/h26-27H,5-24H2,1-4H3. The van der Waals surface area contributed by atoms with E-state index in [4.69, 9.17) is 9.47 Å². The lowest BCUT2D eigenvalue weighted by molar-refractivity contribution is -0.168. The van der Waals surface area contributed by atoms with Crippen LogP contribution in [0.2, 0.25) is 0 Å². The zero-order valence-corrected chi connectivity index (χ0v) is 21.9. The summed E-state index contributed by atoms with van der Waals surface area (Å²) in [7, 11) is 0. The summed E-state index contributed by atoms with van der Waals surface area (Å²) in [6.45, 7) is 8.37. The van der Waals surface area contributed by atoms with Crippen molar-refractivity contribution in [3.05, 3.63) is 0 Å². The molecular formula is C28H54O4. The second kappa shape index (κ2) is 23.1. The maximum atomic E-state index is 12.4. The van der Waals surface area contributed by atoms with E-state index in [0.717, 1.165) is 38.5 Å². The molecule has 32 heavy (non-hydrogen) atoms. The monoisotopic (exact) mass is 454 g/mol. The summed E-state index contributed by atoms with van der Waals surface area (Å²) in [5.41, 5.74) is 0. The number of hydrogen-bond donors (Lipinski definition) is 0. The van der Waals surface area contributed by atoms with Gasteiger partial charge in [0.2, 0.25) is 0 Å². The highest BCUT2D eigenvalue weighted by molar-refractivity contribution is 5.78. The summed E-state index contributed by atoms with van der Waals surface area (Å²) < 4.78 is 10.8. The van der Waals surface area contributed by atoms with Gasteiger partial charge in [-0.1, -0.05) is 124 Å². The summed E-state index contributed by atoms with van der Waals surface area (Å²) in [5.74, 6) is -0.377. The van der Waals surface area contributed by atoms with Gasteiger partial charge in [0.1, 0.15) is 0 Å². The minimum Gasteiger partial charge on any atom is -0.463 e. The number of unbranched alkanes of at least 4 members (excludes halogenated alkanes) is 14. The lowest BCUT2D eigenvalue weighted by Crippen LogP contribution is -2.30. The van der Waals surface area contributed by atoms with Gasteiger partial charge in [-0.25, -0.2) is 4.79 Å². The van der Waals surface area contributed by atoms with Crippen molar-refractivity contribution in [2.24, 2.45) is 5.92 Å². The molecule has 4 nitrogen and oxygen atoms in total. The summed E-state index contributed by atoms with van der Waals surface area (Å²) in [5, 5.41) is 0. The summed E-state index contributed by atoms with van der Waals surface area (Å²) in [6.07, 6.45) is 22.4. The van der Waals surface area contributed by atoms with Gasteiger partial charge in [0.05, 0.1) is 6.61 Å². The molecule has 0 aliphatic rings. The molecule has 0 spiro atoms. The Balaban J connectivity index is 3.84. The van der Waals surface area contributed by atoms with Crippen LogP contribution in [0, 0.1) is 5.92 Å². The fraction of sp³-hybridized carbons (Fsp3) is 0.929. The largest absolute Gasteiger partial charge is 0.463 e. The van der Waals surface area contributed by atoms with E-state index in [1.165, 1.54) is 84.0 Å². The Kier molecular flexibility index (Phi) is 22.3.